The molecule has 0 heterocycles. The lowest BCUT2D eigenvalue weighted by molar-refractivity contribution is -0.138. The monoisotopic (exact) mass is 228 g/mol. The highest BCUT2D eigenvalue weighted by atomic mass is 32.2. The highest BCUT2D eigenvalue weighted by molar-refractivity contribution is 7.99. The van der Waals surface area contributed by atoms with E-state index < -0.39 is 23.5 Å². The van der Waals surface area contributed by atoms with Crippen LogP contribution >= 0.6 is 11.8 Å². The van der Waals surface area contributed by atoms with E-state index in [1.54, 1.807) is 11.8 Å². The van der Waals surface area contributed by atoms with E-state index in [0.29, 0.717) is 6.42 Å². The lowest BCUT2D eigenvalue weighted by Gasteiger charge is -2.03. The molecule has 0 aromatic rings. The van der Waals surface area contributed by atoms with Gasteiger partial charge in [0.25, 0.3) is 0 Å². The van der Waals surface area contributed by atoms with Gasteiger partial charge in [-0.15, -0.1) is 0 Å². The summed E-state index contributed by atoms with van der Waals surface area (Å²) in [6, 6.07) is -0.681. The van der Waals surface area contributed by atoms with Crippen LogP contribution in [0.25, 0.3) is 0 Å². The van der Waals surface area contributed by atoms with Gasteiger partial charge in [0.1, 0.15) is 6.04 Å². The number of hydrogen-bond donors (Lipinski definition) is 3. The maximum Gasteiger partial charge on any atom is 0.320 e. The number of thioether (sulfide) groups is 1. The zero-order chi connectivity index (χ0) is 10.7. The first-order valence-electron chi connectivity index (χ1n) is 3.70. The second kappa shape index (κ2) is 11.7. The molecule has 0 unspecified atom stereocenters. The fraction of sp³-hybridized carbons (Fsp3) is 0.833. The van der Waals surface area contributed by atoms with Gasteiger partial charge in [-0.25, -0.2) is 0 Å². The van der Waals surface area contributed by atoms with Gasteiger partial charge in [0.15, 0.2) is 0 Å². The molecule has 5 nitrogen and oxygen atoms in total. The van der Waals surface area contributed by atoms with Crippen molar-refractivity contribution in [1.82, 2.24) is 0 Å². The highest BCUT2D eigenvalue weighted by Crippen LogP contribution is 2.02. The van der Waals surface area contributed by atoms with Gasteiger partial charge in [-0.1, -0.05) is 6.92 Å². The van der Waals surface area contributed by atoms with Gasteiger partial charge < -0.3 is 10.8 Å². The van der Waals surface area contributed by atoms with Gasteiger partial charge in [-0.05, 0) is 17.9 Å². The van der Waals surface area contributed by atoms with E-state index in [2.05, 4.69) is 0 Å². The summed E-state index contributed by atoms with van der Waals surface area (Å²) in [5.74, 6) is 0.952. The van der Waals surface area contributed by atoms with Crippen molar-refractivity contribution < 1.29 is 14.1 Å². The van der Waals surface area contributed by atoms with Crippen LogP contribution in [0, 0.1) is 4.78 Å². The number of carbonyl (C=O) groups is 1. The fourth-order valence-corrected chi connectivity index (χ4v) is 1.19. The maximum atomic E-state index is 10.2. The molecule has 0 fully saturated rings. The summed E-state index contributed by atoms with van der Waals surface area (Å²) >= 11 is 0.794. The Morgan fingerprint density at radius 2 is 2.23 bits per heavy atom. The molecule has 80 valence electrons. The third kappa shape index (κ3) is 14.6. The Balaban J connectivity index is 0. The minimum Gasteiger partial charge on any atom is -0.480 e. The number of carboxylic acids is 1. The Hall–Kier alpha value is -0.270. The molecule has 1 atom stereocenters. The second-order valence-corrected chi connectivity index (χ2v) is 3.63. The standard InChI is InChI=1S/C6H13NO2S.H3NOS/c1-2-10-4-3-5(7)6(8)9;1-3-2/h5H,2-4,7H2,1H3,(H,8,9);1H,3H2/t5-;/m0./s1. The van der Waals surface area contributed by atoms with Gasteiger partial charge in [0.05, 0.1) is 0 Å². The predicted molar refractivity (Wildman–Crippen MR) is 56.9 cm³/mol. The molecule has 0 radical (unpaired) electrons. The first kappa shape index (κ1) is 15.2. The number of nitrogens with one attached hydrogen (secondary N) is 1. The number of carboxylic acid groups (broad SMARTS) is 1. The molecule has 0 bridgehead atoms. The SMILES string of the molecule is CCSCC[C@H](N)C(=O)O.N=[SH2]=O. The fourth-order valence-electron chi connectivity index (χ4n) is 0.478. The van der Waals surface area contributed by atoms with E-state index >= 15 is 0 Å². The summed E-state index contributed by atoms with van der Waals surface area (Å²) in [6.07, 6.45) is 0.563. The first-order valence-corrected chi connectivity index (χ1v) is 5.76. The van der Waals surface area contributed by atoms with Crippen LogP contribution in [0.2, 0.25) is 0 Å². The smallest absolute Gasteiger partial charge is 0.320 e. The zero-order valence-corrected chi connectivity index (χ0v) is 9.26. The van der Waals surface area contributed by atoms with Crippen LogP contribution in [0.15, 0.2) is 0 Å². The van der Waals surface area contributed by atoms with Crippen LogP contribution in [0.3, 0.4) is 0 Å². The summed E-state index contributed by atoms with van der Waals surface area (Å²) in [5.41, 5.74) is 5.24. The van der Waals surface area contributed by atoms with Gasteiger partial charge in [0.2, 0.25) is 0 Å². The summed E-state index contributed by atoms with van der Waals surface area (Å²) in [4.78, 5) is 10.2. The van der Waals surface area contributed by atoms with E-state index in [9.17, 15) is 4.79 Å². The van der Waals surface area contributed by atoms with Gasteiger partial charge in [-0.2, -0.15) is 11.8 Å². The first-order chi connectivity index (χ1) is 6.09. The van der Waals surface area contributed by atoms with E-state index in [1.807, 2.05) is 6.92 Å². The average molecular weight is 228 g/mol. The molecule has 0 amide bonds. The number of hydrogen-bond acceptors (Lipinski definition) is 5. The molecular weight excluding hydrogens is 212 g/mol. The summed E-state index contributed by atoms with van der Waals surface area (Å²) in [6.45, 7) is 2.04. The van der Waals surface area contributed by atoms with Gasteiger partial charge >= 0.3 is 5.97 Å². The van der Waals surface area contributed by atoms with Crippen molar-refractivity contribution in [3.8, 4) is 0 Å². The normalized spacial score (nSPS) is 12.2. The molecule has 4 N–H and O–H groups in total. The van der Waals surface area contributed by atoms with E-state index in [0.717, 1.165) is 11.5 Å². The lowest BCUT2D eigenvalue weighted by Crippen LogP contribution is -2.30. The molecule has 0 saturated carbocycles. The molecule has 0 rings (SSSR count). The second-order valence-electron chi connectivity index (χ2n) is 2.03. The van der Waals surface area contributed by atoms with Gasteiger partial charge in [-0.3, -0.25) is 13.8 Å². The van der Waals surface area contributed by atoms with Crippen LogP contribution in [0.5, 0.6) is 0 Å². The highest BCUT2D eigenvalue weighted by Gasteiger charge is 2.09. The van der Waals surface area contributed by atoms with Crippen molar-refractivity contribution in [2.45, 2.75) is 19.4 Å². The molecule has 0 aromatic heterocycles. The van der Waals surface area contributed by atoms with Crippen LogP contribution in [-0.4, -0.2) is 32.8 Å². The van der Waals surface area contributed by atoms with Crippen molar-refractivity contribution in [2.75, 3.05) is 11.5 Å². The molecule has 0 aliphatic carbocycles. The Kier molecular flexibility index (Phi) is 13.7. The quantitative estimate of drug-likeness (QED) is 0.573. The lowest BCUT2D eigenvalue weighted by atomic mass is 10.2. The Labute approximate surface area is 85.1 Å². The average Bonchev–Trinajstić information content (AvgIpc) is 2.06. The molecule has 13 heavy (non-hydrogen) atoms. The van der Waals surface area contributed by atoms with E-state index in [1.165, 1.54) is 0 Å². The van der Waals surface area contributed by atoms with Crippen LogP contribution < -0.4 is 5.73 Å². The third-order valence-corrected chi connectivity index (χ3v) is 2.03. The maximum absolute atomic E-state index is 10.2. The summed E-state index contributed by atoms with van der Waals surface area (Å²) < 4.78 is 14.3. The van der Waals surface area contributed by atoms with Crippen LogP contribution in [-0.2, 0) is 16.3 Å². The van der Waals surface area contributed by atoms with E-state index in [4.69, 9.17) is 19.8 Å². The predicted octanol–water partition coefficient (Wildman–Crippen LogP) is -0.0321. The third-order valence-electron chi connectivity index (χ3n) is 1.09. The molecule has 0 aliphatic heterocycles. The molecule has 0 spiro atoms. The van der Waals surface area contributed by atoms with Crippen molar-refractivity contribution in [1.29, 1.82) is 4.78 Å². The molecule has 0 aromatic carbocycles. The summed E-state index contributed by atoms with van der Waals surface area (Å²) in [5, 5.41) is 8.35. The number of nitrogens with two attached hydrogens (primary N) is 1. The van der Waals surface area contributed by atoms with Crippen molar-refractivity contribution in [3.05, 3.63) is 0 Å². The topological polar surface area (TPSA) is 104 Å². The van der Waals surface area contributed by atoms with Gasteiger partial charge in [0, 0.05) is 11.5 Å². The van der Waals surface area contributed by atoms with Crippen LogP contribution in [0.1, 0.15) is 13.3 Å². The molecule has 0 saturated heterocycles. The van der Waals surface area contributed by atoms with E-state index in [-0.39, 0.29) is 0 Å². The Morgan fingerprint density at radius 3 is 2.54 bits per heavy atom. The number of rotatable bonds is 5. The van der Waals surface area contributed by atoms with Crippen molar-refractivity contribution >= 4 is 29.2 Å². The minimum atomic E-state index is -0.917. The zero-order valence-electron chi connectivity index (χ0n) is 7.45. The van der Waals surface area contributed by atoms with Crippen molar-refractivity contribution in [2.24, 2.45) is 5.73 Å². The Morgan fingerprint density at radius 1 is 1.77 bits per heavy atom. The molecular formula is C6H16N2O3S2. The number of aliphatic carboxylic acids is 1. The largest absolute Gasteiger partial charge is 0.480 e. The minimum absolute atomic E-state index is 0.563. The summed E-state index contributed by atoms with van der Waals surface area (Å²) in [7, 11) is 0. The Bertz CT molecular complexity index is 171. The van der Waals surface area contributed by atoms with Crippen LogP contribution in [0.4, 0.5) is 0 Å². The molecule has 7 heteroatoms. The van der Waals surface area contributed by atoms with Crippen molar-refractivity contribution in [3.63, 3.8) is 0 Å². The molecule has 0 aliphatic rings.